The van der Waals surface area contributed by atoms with Crippen molar-refractivity contribution in [3.8, 4) is 5.75 Å². The molecule has 1 fully saturated rings. The molecule has 1 aromatic rings. The molecule has 0 radical (unpaired) electrons. The summed E-state index contributed by atoms with van der Waals surface area (Å²) in [5.74, 6) is 0.847. The van der Waals surface area contributed by atoms with Gasteiger partial charge in [0.1, 0.15) is 18.0 Å². The number of rotatable bonds is 6. The molecule has 0 spiro atoms. The van der Waals surface area contributed by atoms with Crippen molar-refractivity contribution in [2.45, 2.75) is 50.7 Å². The molecule has 1 aliphatic rings. The summed E-state index contributed by atoms with van der Waals surface area (Å²) in [6.45, 7) is 4.90. The molecule has 1 aliphatic carbocycles. The Morgan fingerprint density at radius 2 is 2.11 bits per heavy atom. The summed E-state index contributed by atoms with van der Waals surface area (Å²) in [5.41, 5.74) is 1.10. The van der Waals surface area contributed by atoms with Crippen LogP contribution in [0.25, 0.3) is 0 Å². The fourth-order valence-electron chi connectivity index (χ4n) is 2.18. The van der Waals surface area contributed by atoms with E-state index in [1.165, 1.54) is 0 Å². The van der Waals surface area contributed by atoms with Crippen molar-refractivity contribution >= 4 is 23.2 Å². The van der Waals surface area contributed by atoms with Crippen molar-refractivity contribution in [2.75, 3.05) is 6.61 Å². The SMILES string of the molecule is CCCOC1C(Cl)CC1Oc1ccc(Cl)c(CC)c1. The lowest BCUT2D eigenvalue weighted by Crippen LogP contribution is -2.52. The summed E-state index contributed by atoms with van der Waals surface area (Å²) in [4.78, 5) is 0. The highest BCUT2D eigenvalue weighted by atomic mass is 35.5. The summed E-state index contributed by atoms with van der Waals surface area (Å²) in [7, 11) is 0. The molecule has 3 unspecified atom stereocenters. The maximum absolute atomic E-state index is 6.17. The van der Waals surface area contributed by atoms with Gasteiger partial charge in [-0.05, 0) is 36.6 Å². The summed E-state index contributed by atoms with van der Waals surface area (Å²) in [5, 5.41) is 0.854. The van der Waals surface area contributed by atoms with Crippen LogP contribution in [0.15, 0.2) is 18.2 Å². The molecule has 2 rings (SSSR count). The molecule has 0 bridgehead atoms. The lowest BCUT2D eigenvalue weighted by Gasteiger charge is -2.40. The van der Waals surface area contributed by atoms with E-state index < -0.39 is 0 Å². The van der Waals surface area contributed by atoms with Gasteiger partial charge in [-0.15, -0.1) is 11.6 Å². The van der Waals surface area contributed by atoms with E-state index in [1.807, 2.05) is 18.2 Å². The van der Waals surface area contributed by atoms with Crippen molar-refractivity contribution in [1.82, 2.24) is 0 Å². The van der Waals surface area contributed by atoms with Crippen LogP contribution in [0.3, 0.4) is 0 Å². The minimum atomic E-state index is 0.00220. The van der Waals surface area contributed by atoms with Crippen molar-refractivity contribution < 1.29 is 9.47 Å². The van der Waals surface area contributed by atoms with Gasteiger partial charge in [0.05, 0.1) is 5.38 Å². The third kappa shape index (κ3) is 3.56. The Labute approximate surface area is 125 Å². The lowest BCUT2D eigenvalue weighted by molar-refractivity contribution is -0.0797. The Bertz CT molecular complexity index is 423. The molecule has 0 N–H and O–H groups in total. The molecule has 19 heavy (non-hydrogen) atoms. The van der Waals surface area contributed by atoms with E-state index in [0.717, 1.165) is 42.2 Å². The average Bonchev–Trinajstić information content (AvgIpc) is 2.40. The number of halogens is 2. The van der Waals surface area contributed by atoms with E-state index in [1.54, 1.807) is 0 Å². The number of hydrogen-bond donors (Lipinski definition) is 0. The number of hydrogen-bond acceptors (Lipinski definition) is 2. The highest BCUT2D eigenvalue weighted by Gasteiger charge is 2.42. The normalized spacial score (nSPS) is 26.0. The van der Waals surface area contributed by atoms with E-state index in [9.17, 15) is 0 Å². The van der Waals surface area contributed by atoms with E-state index in [4.69, 9.17) is 32.7 Å². The zero-order valence-corrected chi connectivity index (χ0v) is 12.9. The van der Waals surface area contributed by atoms with Gasteiger partial charge >= 0.3 is 0 Å². The van der Waals surface area contributed by atoms with Gasteiger partial charge in [0, 0.05) is 18.1 Å². The standard InChI is InChI=1S/C15H20Cl2O2/c1-3-7-18-15-13(17)9-14(15)19-11-5-6-12(16)10(4-2)8-11/h5-6,8,13-15H,3-4,7,9H2,1-2H3. The number of ether oxygens (including phenoxy) is 2. The molecule has 0 aromatic heterocycles. The van der Waals surface area contributed by atoms with Gasteiger partial charge in [-0.2, -0.15) is 0 Å². The lowest BCUT2D eigenvalue weighted by atomic mass is 9.91. The van der Waals surface area contributed by atoms with Crippen LogP contribution in [0.2, 0.25) is 5.02 Å². The Kier molecular flexibility index (Phi) is 5.37. The molecule has 0 amide bonds. The van der Waals surface area contributed by atoms with Crippen LogP contribution >= 0.6 is 23.2 Å². The first-order valence-electron chi connectivity index (χ1n) is 6.86. The smallest absolute Gasteiger partial charge is 0.128 e. The monoisotopic (exact) mass is 302 g/mol. The molecule has 4 heteroatoms. The van der Waals surface area contributed by atoms with Crippen LogP contribution in [0, 0.1) is 0 Å². The zero-order valence-electron chi connectivity index (χ0n) is 11.4. The number of alkyl halides is 1. The molecule has 106 valence electrons. The second kappa shape index (κ2) is 6.83. The highest BCUT2D eigenvalue weighted by molar-refractivity contribution is 6.31. The number of benzene rings is 1. The summed E-state index contributed by atoms with van der Waals surface area (Å²) in [6, 6.07) is 5.79. The molecule has 3 atom stereocenters. The van der Waals surface area contributed by atoms with Gasteiger partial charge in [-0.1, -0.05) is 25.4 Å². The fourth-order valence-corrected chi connectivity index (χ4v) is 2.84. The molecular weight excluding hydrogens is 283 g/mol. The topological polar surface area (TPSA) is 18.5 Å². The first kappa shape index (κ1) is 15.0. The van der Waals surface area contributed by atoms with Crippen LogP contribution in [-0.4, -0.2) is 24.2 Å². The molecule has 0 saturated heterocycles. The summed E-state index contributed by atoms with van der Waals surface area (Å²) in [6.07, 6.45) is 2.78. The quantitative estimate of drug-likeness (QED) is 0.723. The molecule has 2 nitrogen and oxygen atoms in total. The van der Waals surface area contributed by atoms with E-state index in [-0.39, 0.29) is 17.6 Å². The van der Waals surface area contributed by atoms with E-state index in [0.29, 0.717) is 0 Å². The largest absolute Gasteiger partial charge is 0.488 e. The van der Waals surface area contributed by atoms with Gasteiger partial charge in [0.15, 0.2) is 0 Å². The zero-order chi connectivity index (χ0) is 13.8. The fraction of sp³-hybridized carbons (Fsp3) is 0.600. The second-order valence-corrected chi connectivity index (χ2v) is 5.82. The average molecular weight is 303 g/mol. The summed E-state index contributed by atoms with van der Waals surface area (Å²) >= 11 is 12.3. The maximum Gasteiger partial charge on any atom is 0.128 e. The van der Waals surface area contributed by atoms with Crippen LogP contribution in [-0.2, 0) is 11.2 Å². The van der Waals surface area contributed by atoms with Crippen LogP contribution in [0.5, 0.6) is 5.75 Å². The Morgan fingerprint density at radius 1 is 1.32 bits per heavy atom. The minimum absolute atomic E-state index is 0.00220. The molecule has 1 saturated carbocycles. The Balaban J connectivity index is 1.97. The van der Waals surface area contributed by atoms with Crippen molar-refractivity contribution in [3.63, 3.8) is 0 Å². The molecular formula is C15H20Cl2O2. The maximum atomic E-state index is 6.17. The third-order valence-corrected chi connectivity index (χ3v) is 4.18. The van der Waals surface area contributed by atoms with Gasteiger partial charge < -0.3 is 9.47 Å². The first-order chi connectivity index (χ1) is 9.15. The van der Waals surface area contributed by atoms with E-state index >= 15 is 0 Å². The highest BCUT2D eigenvalue weighted by Crippen LogP contribution is 2.34. The predicted octanol–water partition coefficient (Wildman–Crippen LogP) is 4.46. The Hall–Kier alpha value is -0.440. The van der Waals surface area contributed by atoms with Crippen LogP contribution in [0.4, 0.5) is 0 Å². The third-order valence-electron chi connectivity index (χ3n) is 3.38. The van der Waals surface area contributed by atoms with Crippen molar-refractivity contribution in [3.05, 3.63) is 28.8 Å². The molecule has 1 aromatic carbocycles. The summed E-state index contributed by atoms with van der Waals surface area (Å²) < 4.78 is 11.7. The van der Waals surface area contributed by atoms with Crippen molar-refractivity contribution in [1.29, 1.82) is 0 Å². The van der Waals surface area contributed by atoms with Gasteiger partial charge in [-0.3, -0.25) is 0 Å². The first-order valence-corrected chi connectivity index (χ1v) is 7.67. The van der Waals surface area contributed by atoms with Gasteiger partial charge in [-0.25, -0.2) is 0 Å². The minimum Gasteiger partial charge on any atom is -0.488 e. The van der Waals surface area contributed by atoms with E-state index in [2.05, 4.69) is 13.8 Å². The van der Waals surface area contributed by atoms with Crippen molar-refractivity contribution in [2.24, 2.45) is 0 Å². The van der Waals surface area contributed by atoms with Crippen LogP contribution < -0.4 is 4.74 Å². The molecule has 0 heterocycles. The number of aryl methyl sites for hydroxylation is 1. The second-order valence-electron chi connectivity index (χ2n) is 4.85. The molecule has 0 aliphatic heterocycles. The van der Waals surface area contributed by atoms with Gasteiger partial charge in [0.25, 0.3) is 0 Å². The van der Waals surface area contributed by atoms with Gasteiger partial charge in [0.2, 0.25) is 0 Å². The van der Waals surface area contributed by atoms with Crippen LogP contribution in [0.1, 0.15) is 32.3 Å². The predicted molar refractivity (Wildman–Crippen MR) is 79.5 cm³/mol. The Morgan fingerprint density at radius 3 is 2.74 bits per heavy atom.